The van der Waals surface area contributed by atoms with Crippen LogP contribution in [0, 0.1) is 0 Å². The molecule has 1 aliphatic rings. The van der Waals surface area contributed by atoms with E-state index in [9.17, 15) is 0 Å². The zero-order valence-corrected chi connectivity index (χ0v) is 13.9. The number of anilines is 1. The van der Waals surface area contributed by atoms with Crippen LogP contribution in [0.25, 0.3) is 16.9 Å². The van der Waals surface area contributed by atoms with Gasteiger partial charge in [0.05, 0.1) is 26.1 Å². The Morgan fingerprint density at radius 2 is 1.88 bits per heavy atom. The molecule has 1 fully saturated rings. The number of ether oxygens (including phenoxy) is 2. The third-order valence-electron chi connectivity index (χ3n) is 4.50. The number of fused-ring (bicyclic) bond motifs is 1. The summed E-state index contributed by atoms with van der Waals surface area (Å²) in [5, 5.41) is 0. The Bertz CT molecular complexity index is 869. The van der Waals surface area contributed by atoms with Crippen molar-refractivity contribution in [1.82, 2.24) is 14.4 Å². The minimum atomic E-state index is 0.760. The molecule has 24 heavy (non-hydrogen) atoms. The van der Waals surface area contributed by atoms with Gasteiger partial charge >= 0.3 is 0 Å². The number of imidazole rings is 1. The second kappa shape index (κ2) is 6.03. The lowest BCUT2D eigenvalue weighted by atomic mass is 10.1. The van der Waals surface area contributed by atoms with Gasteiger partial charge in [-0.05, 0) is 25.0 Å². The van der Waals surface area contributed by atoms with Crippen LogP contribution in [0.4, 0.5) is 5.82 Å². The number of methoxy groups -OCH3 is 2. The Balaban J connectivity index is 1.85. The normalized spacial score (nSPS) is 14.3. The fourth-order valence-electron chi connectivity index (χ4n) is 3.27. The fourth-order valence-corrected chi connectivity index (χ4v) is 3.27. The molecule has 1 aromatic carbocycles. The molecule has 0 aliphatic carbocycles. The predicted octanol–water partition coefficient (Wildman–Crippen LogP) is 3.01. The minimum absolute atomic E-state index is 0.760. The van der Waals surface area contributed by atoms with Crippen molar-refractivity contribution in [2.45, 2.75) is 12.8 Å². The van der Waals surface area contributed by atoms with Crippen molar-refractivity contribution in [3.8, 4) is 22.8 Å². The highest BCUT2D eigenvalue weighted by Gasteiger charge is 2.20. The summed E-state index contributed by atoms with van der Waals surface area (Å²) in [6.45, 7) is 2.08. The van der Waals surface area contributed by atoms with Crippen molar-refractivity contribution in [3.63, 3.8) is 0 Å². The number of aromatic nitrogens is 3. The van der Waals surface area contributed by atoms with Gasteiger partial charge in [0.2, 0.25) is 0 Å². The van der Waals surface area contributed by atoms with Crippen molar-refractivity contribution < 1.29 is 9.47 Å². The molecule has 0 unspecified atom stereocenters. The molecular formula is C18H20N4O2. The summed E-state index contributed by atoms with van der Waals surface area (Å²) in [4.78, 5) is 11.5. The van der Waals surface area contributed by atoms with Gasteiger partial charge in [-0.1, -0.05) is 0 Å². The standard InChI is InChI=1S/C18H20N4O2/c1-23-13-5-6-14(16(11-13)24-2)15-12-20-18-17(19-7-10-22(15)18)21-8-3-4-9-21/h5-7,10-12H,3-4,8-9H2,1-2H3. The number of hydrogen-bond donors (Lipinski definition) is 0. The SMILES string of the molecule is COc1ccc(-c2cnc3c(N4CCCC4)nccn23)c(OC)c1. The number of nitrogens with zero attached hydrogens (tertiary/aromatic N) is 4. The topological polar surface area (TPSA) is 51.9 Å². The minimum Gasteiger partial charge on any atom is -0.497 e. The van der Waals surface area contributed by atoms with Crippen molar-refractivity contribution in [2.75, 3.05) is 32.2 Å². The van der Waals surface area contributed by atoms with Gasteiger partial charge in [0.1, 0.15) is 11.5 Å². The molecule has 1 aliphatic heterocycles. The first-order valence-corrected chi connectivity index (χ1v) is 8.11. The van der Waals surface area contributed by atoms with Gasteiger partial charge in [-0.2, -0.15) is 0 Å². The molecule has 1 saturated heterocycles. The van der Waals surface area contributed by atoms with Crippen LogP contribution in [0.5, 0.6) is 11.5 Å². The van der Waals surface area contributed by atoms with Gasteiger partial charge in [0.25, 0.3) is 0 Å². The molecule has 0 saturated carbocycles. The molecule has 0 N–H and O–H groups in total. The predicted molar refractivity (Wildman–Crippen MR) is 93.0 cm³/mol. The van der Waals surface area contributed by atoms with E-state index < -0.39 is 0 Å². The lowest BCUT2D eigenvalue weighted by molar-refractivity contribution is 0.395. The van der Waals surface area contributed by atoms with Crippen LogP contribution in [0.2, 0.25) is 0 Å². The third kappa shape index (κ3) is 2.35. The molecule has 3 heterocycles. The monoisotopic (exact) mass is 324 g/mol. The summed E-state index contributed by atoms with van der Waals surface area (Å²) >= 11 is 0. The second-order valence-corrected chi connectivity index (χ2v) is 5.85. The molecule has 6 heteroatoms. The van der Waals surface area contributed by atoms with E-state index in [1.165, 1.54) is 12.8 Å². The zero-order valence-electron chi connectivity index (χ0n) is 13.9. The molecule has 0 bridgehead atoms. The van der Waals surface area contributed by atoms with Crippen LogP contribution < -0.4 is 14.4 Å². The maximum Gasteiger partial charge on any atom is 0.180 e. The van der Waals surface area contributed by atoms with Gasteiger partial charge in [-0.15, -0.1) is 0 Å². The fraction of sp³-hybridized carbons (Fsp3) is 0.333. The molecule has 4 rings (SSSR count). The lowest BCUT2D eigenvalue weighted by Gasteiger charge is -2.17. The molecule has 124 valence electrons. The van der Waals surface area contributed by atoms with Crippen molar-refractivity contribution in [3.05, 3.63) is 36.8 Å². The van der Waals surface area contributed by atoms with E-state index in [1.807, 2.05) is 36.8 Å². The van der Waals surface area contributed by atoms with E-state index in [-0.39, 0.29) is 0 Å². The lowest BCUT2D eigenvalue weighted by Crippen LogP contribution is -2.19. The zero-order chi connectivity index (χ0) is 16.5. The Morgan fingerprint density at radius 1 is 1.04 bits per heavy atom. The summed E-state index contributed by atoms with van der Waals surface area (Å²) in [6.07, 6.45) is 8.08. The van der Waals surface area contributed by atoms with Crippen molar-refractivity contribution >= 4 is 11.5 Å². The Hall–Kier alpha value is -2.76. The first-order valence-electron chi connectivity index (χ1n) is 8.11. The van der Waals surface area contributed by atoms with Gasteiger partial charge in [-0.3, -0.25) is 4.40 Å². The van der Waals surface area contributed by atoms with Gasteiger partial charge in [0.15, 0.2) is 11.5 Å². The summed E-state index contributed by atoms with van der Waals surface area (Å²) in [6, 6.07) is 5.81. The van der Waals surface area contributed by atoms with Crippen molar-refractivity contribution in [1.29, 1.82) is 0 Å². The smallest absolute Gasteiger partial charge is 0.180 e. The van der Waals surface area contributed by atoms with Crippen LogP contribution in [-0.2, 0) is 0 Å². The van der Waals surface area contributed by atoms with E-state index in [0.29, 0.717) is 0 Å². The quantitative estimate of drug-likeness (QED) is 0.738. The third-order valence-corrected chi connectivity index (χ3v) is 4.50. The molecule has 0 radical (unpaired) electrons. The maximum absolute atomic E-state index is 5.54. The second-order valence-electron chi connectivity index (χ2n) is 5.85. The Morgan fingerprint density at radius 3 is 2.62 bits per heavy atom. The van der Waals surface area contributed by atoms with Crippen LogP contribution in [0.3, 0.4) is 0 Å². The highest BCUT2D eigenvalue weighted by Crippen LogP contribution is 2.34. The van der Waals surface area contributed by atoms with Gasteiger partial charge in [0, 0.05) is 37.1 Å². The Labute approximate surface area is 140 Å². The van der Waals surface area contributed by atoms with Crippen molar-refractivity contribution in [2.24, 2.45) is 0 Å². The molecule has 6 nitrogen and oxygen atoms in total. The van der Waals surface area contributed by atoms with E-state index >= 15 is 0 Å². The van der Waals surface area contributed by atoms with Crippen LogP contribution in [-0.4, -0.2) is 41.7 Å². The highest BCUT2D eigenvalue weighted by atomic mass is 16.5. The number of hydrogen-bond acceptors (Lipinski definition) is 5. The molecule has 0 spiro atoms. The van der Waals surface area contributed by atoms with Crippen LogP contribution in [0.15, 0.2) is 36.8 Å². The number of benzene rings is 1. The average molecular weight is 324 g/mol. The summed E-state index contributed by atoms with van der Waals surface area (Å²) < 4.78 is 12.9. The molecule has 0 amide bonds. The maximum atomic E-state index is 5.54. The number of rotatable bonds is 4. The van der Waals surface area contributed by atoms with E-state index in [4.69, 9.17) is 9.47 Å². The van der Waals surface area contributed by atoms with E-state index in [0.717, 1.165) is 47.3 Å². The molecule has 0 atom stereocenters. The van der Waals surface area contributed by atoms with Gasteiger partial charge < -0.3 is 14.4 Å². The molecule has 2 aromatic heterocycles. The highest BCUT2D eigenvalue weighted by molar-refractivity contribution is 5.75. The Kier molecular flexibility index (Phi) is 3.72. The van der Waals surface area contributed by atoms with E-state index in [1.54, 1.807) is 14.2 Å². The summed E-state index contributed by atoms with van der Waals surface area (Å²) in [5.74, 6) is 2.48. The molecular weight excluding hydrogens is 304 g/mol. The molecule has 3 aromatic rings. The summed E-state index contributed by atoms with van der Waals surface area (Å²) in [5.41, 5.74) is 2.84. The first kappa shape index (κ1) is 14.8. The largest absolute Gasteiger partial charge is 0.497 e. The van der Waals surface area contributed by atoms with Gasteiger partial charge in [-0.25, -0.2) is 9.97 Å². The van der Waals surface area contributed by atoms with Crippen LogP contribution >= 0.6 is 0 Å². The van der Waals surface area contributed by atoms with E-state index in [2.05, 4.69) is 19.3 Å². The van der Waals surface area contributed by atoms with Crippen LogP contribution in [0.1, 0.15) is 12.8 Å². The first-order chi connectivity index (χ1) is 11.8. The summed E-state index contributed by atoms with van der Waals surface area (Å²) in [7, 11) is 3.31. The average Bonchev–Trinajstić information content (AvgIpc) is 3.30.